The summed E-state index contributed by atoms with van der Waals surface area (Å²) in [5.41, 5.74) is 0.823. The zero-order valence-corrected chi connectivity index (χ0v) is 15.6. The van der Waals surface area contributed by atoms with Crippen LogP contribution in [0.1, 0.15) is 30.4 Å². The second-order valence-electron chi connectivity index (χ2n) is 6.89. The molecule has 9 nitrogen and oxygen atoms in total. The average molecular weight is 372 g/mol. The zero-order valence-electron chi connectivity index (χ0n) is 14.7. The highest BCUT2D eigenvalue weighted by Gasteiger charge is 2.34. The molecule has 0 unspecified atom stereocenters. The number of fused-ring (bicyclic) bond motifs is 1. The molecule has 5 rings (SSSR count). The first-order valence-corrected chi connectivity index (χ1v) is 9.52. The molecule has 1 aliphatic heterocycles. The number of anilines is 2. The molecular weight excluding hydrogens is 352 g/mol. The Kier molecular flexibility index (Phi) is 3.75. The molecule has 4 heterocycles. The van der Waals surface area contributed by atoms with Crippen molar-refractivity contribution in [3.8, 4) is 0 Å². The smallest absolute Gasteiger partial charge is 0.205 e. The van der Waals surface area contributed by atoms with Gasteiger partial charge in [0.15, 0.2) is 17.3 Å². The minimum atomic E-state index is 0.402. The van der Waals surface area contributed by atoms with E-state index >= 15 is 0 Å². The van der Waals surface area contributed by atoms with Gasteiger partial charge < -0.3 is 14.5 Å². The predicted octanol–water partition coefficient (Wildman–Crippen LogP) is 1.32. The van der Waals surface area contributed by atoms with Crippen LogP contribution in [0, 0.1) is 0 Å². The molecule has 1 saturated carbocycles. The summed E-state index contributed by atoms with van der Waals surface area (Å²) in [6, 6.07) is 4.43. The number of nitrogens with zero attached hydrogens (tertiary/aromatic N) is 8. The standard InChI is InChI=1S/C16H20N8OS/c1-22(16-17-12(9-25-2)21-26-16)11-7-23(8-11)14-6-5-13-18-19-15(10-3-4-10)24(13)20-14/h5-6,10-11H,3-4,7-9H2,1-2H3. The third-order valence-electron chi connectivity index (χ3n) is 4.98. The van der Waals surface area contributed by atoms with Crippen molar-refractivity contribution in [1.29, 1.82) is 0 Å². The molecule has 0 spiro atoms. The Bertz CT molecular complexity index is 929. The third kappa shape index (κ3) is 2.69. The van der Waals surface area contributed by atoms with E-state index in [0.29, 0.717) is 18.6 Å². The number of likely N-dealkylation sites (N-methyl/N-ethyl adjacent to an activating group) is 1. The van der Waals surface area contributed by atoms with Crippen molar-refractivity contribution in [1.82, 2.24) is 29.2 Å². The van der Waals surface area contributed by atoms with E-state index in [1.165, 1.54) is 24.4 Å². The topological polar surface area (TPSA) is 84.6 Å². The van der Waals surface area contributed by atoms with Crippen molar-refractivity contribution >= 4 is 28.1 Å². The number of hydrogen-bond acceptors (Lipinski definition) is 9. The van der Waals surface area contributed by atoms with Crippen molar-refractivity contribution in [2.24, 2.45) is 0 Å². The maximum Gasteiger partial charge on any atom is 0.205 e. The van der Waals surface area contributed by atoms with Crippen molar-refractivity contribution in [3.05, 3.63) is 23.8 Å². The minimum absolute atomic E-state index is 0.402. The van der Waals surface area contributed by atoms with Crippen LogP contribution in [0.4, 0.5) is 10.9 Å². The van der Waals surface area contributed by atoms with Gasteiger partial charge >= 0.3 is 0 Å². The Morgan fingerprint density at radius 1 is 1.27 bits per heavy atom. The highest BCUT2D eigenvalue weighted by molar-refractivity contribution is 7.09. The number of rotatable bonds is 6. The molecule has 2 aliphatic rings. The summed E-state index contributed by atoms with van der Waals surface area (Å²) in [5, 5.41) is 14.2. The molecule has 2 fully saturated rings. The lowest BCUT2D eigenvalue weighted by Gasteiger charge is -2.44. The molecule has 0 bridgehead atoms. The molecule has 3 aromatic rings. The fourth-order valence-electron chi connectivity index (χ4n) is 3.18. The molecule has 10 heteroatoms. The number of methoxy groups -OCH3 is 1. The quantitative estimate of drug-likeness (QED) is 0.641. The Hall–Kier alpha value is -2.33. The first-order chi connectivity index (χ1) is 12.7. The van der Waals surface area contributed by atoms with E-state index in [1.54, 1.807) is 7.11 Å². The predicted molar refractivity (Wildman–Crippen MR) is 97.8 cm³/mol. The van der Waals surface area contributed by atoms with Gasteiger partial charge in [-0.25, -0.2) is 4.98 Å². The monoisotopic (exact) mass is 372 g/mol. The van der Waals surface area contributed by atoms with Gasteiger partial charge in [0.1, 0.15) is 12.4 Å². The normalized spacial score (nSPS) is 17.7. The molecule has 0 aromatic carbocycles. The summed E-state index contributed by atoms with van der Waals surface area (Å²) in [7, 11) is 3.73. The molecule has 0 atom stereocenters. The van der Waals surface area contributed by atoms with Gasteiger partial charge in [-0.3, -0.25) is 0 Å². The van der Waals surface area contributed by atoms with Gasteiger partial charge in [-0.2, -0.15) is 8.89 Å². The molecule has 1 saturated heterocycles. The van der Waals surface area contributed by atoms with Crippen LogP contribution in [0.5, 0.6) is 0 Å². The van der Waals surface area contributed by atoms with Crippen LogP contribution in [-0.4, -0.2) is 62.5 Å². The Balaban J connectivity index is 1.28. The second kappa shape index (κ2) is 6.13. The van der Waals surface area contributed by atoms with E-state index in [1.807, 2.05) is 16.6 Å². The van der Waals surface area contributed by atoms with Crippen LogP contribution in [0.2, 0.25) is 0 Å². The highest BCUT2D eigenvalue weighted by Crippen LogP contribution is 2.39. The van der Waals surface area contributed by atoms with Gasteiger partial charge in [-0.1, -0.05) is 0 Å². The van der Waals surface area contributed by atoms with E-state index in [4.69, 9.17) is 9.84 Å². The van der Waals surface area contributed by atoms with Gasteiger partial charge in [0.25, 0.3) is 0 Å². The SMILES string of the molecule is COCc1nsc(N(C)C2CN(c3ccc4nnc(C5CC5)n4n3)C2)n1. The fourth-order valence-corrected chi connectivity index (χ4v) is 3.88. The first-order valence-electron chi connectivity index (χ1n) is 8.74. The van der Waals surface area contributed by atoms with E-state index in [0.717, 1.165) is 41.3 Å². The summed E-state index contributed by atoms with van der Waals surface area (Å²) in [6.45, 7) is 2.28. The molecule has 0 N–H and O–H groups in total. The molecule has 3 aromatic heterocycles. The number of aromatic nitrogens is 6. The highest BCUT2D eigenvalue weighted by atomic mass is 32.1. The molecule has 0 radical (unpaired) electrons. The Morgan fingerprint density at radius 3 is 2.88 bits per heavy atom. The zero-order chi connectivity index (χ0) is 17.7. The minimum Gasteiger partial charge on any atom is -0.377 e. The summed E-state index contributed by atoms with van der Waals surface area (Å²) in [4.78, 5) is 8.99. The molecular formula is C16H20N8OS. The van der Waals surface area contributed by atoms with Crippen LogP contribution in [0.15, 0.2) is 12.1 Å². The molecule has 1 aliphatic carbocycles. The van der Waals surface area contributed by atoms with Crippen LogP contribution in [0.3, 0.4) is 0 Å². The first kappa shape index (κ1) is 15.9. The maximum absolute atomic E-state index is 5.09. The molecule has 136 valence electrons. The van der Waals surface area contributed by atoms with Gasteiger partial charge in [-0.15, -0.1) is 15.3 Å². The largest absolute Gasteiger partial charge is 0.377 e. The number of hydrogen-bond donors (Lipinski definition) is 0. The Morgan fingerprint density at radius 2 is 2.12 bits per heavy atom. The van der Waals surface area contributed by atoms with Crippen molar-refractivity contribution in [2.45, 2.75) is 31.4 Å². The van der Waals surface area contributed by atoms with Crippen molar-refractivity contribution < 1.29 is 4.74 Å². The van der Waals surface area contributed by atoms with Crippen LogP contribution in [-0.2, 0) is 11.3 Å². The lowest BCUT2D eigenvalue weighted by Crippen LogP contribution is -2.59. The van der Waals surface area contributed by atoms with Crippen LogP contribution in [0.25, 0.3) is 5.65 Å². The average Bonchev–Trinajstić information content (AvgIpc) is 3.18. The summed E-state index contributed by atoms with van der Waals surface area (Å²) >= 11 is 1.42. The van der Waals surface area contributed by atoms with Crippen molar-refractivity contribution in [2.75, 3.05) is 37.0 Å². The van der Waals surface area contributed by atoms with Crippen LogP contribution >= 0.6 is 11.5 Å². The van der Waals surface area contributed by atoms with Crippen molar-refractivity contribution in [3.63, 3.8) is 0 Å². The molecule has 0 amide bonds. The summed E-state index contributed by atoms with van der Waals surface area (Å²) < 4.78 is 11.3. The summed E-state index contributed by atoms with van der Waals surface area (Å²) in [5.74, 6) is 3.24. The van der Waals surface area contributed by atoms with Crippen LogP contribution < -0.4 is 9.80 Å². The number of ether oxygens (including phenoxy) is 1. The van der Waals surface area contributed by atoms with E-state index < -0.39 is 0 Å². The van der Waals surface area contributed by atoms with E-state index in [2.05, 4.69) is 36.4 Å². The van der Waals surface area contributed by atoms with Gasteiger partial charge in [0, 0.05) is 44.7 Å². The third-order valence-corrected chi connectivity index (χ3v) is 5.83. The maximum atomic E-state index is 5.09. The van der Waals surface area contributed by atoms with Gasteiger partial charge in [0.2, 0.25) is 5.13 Å². The lowest BCUT2D eigenvalue weighted by molar-refractivity contribution is 0.179. The molecule has 26 heavy (non-hydrogen) atoms. The second-order valence-corrected chi connectivity index (χ2v) is 7.62. The van der Waals surface area contributed by atoms with Gasteiger partial charge in [0.05, 0.1) is 6.04 Å². The lowest BCUT2D eigenvalue weighted by atomic mass is 10.1. The Labute approximate surface area is 154 Å². The fraction of sp³-hybridized carbons (Fsp3) is 0.562. The van der Waals surface area contributed by atoms with E-state index in [9.17, 15) is 0 Å². The summed E-state index contributed by atoms with van der Waals surface area (Å²) in [6.07, 6.45) is 2.38. The van der Waals surface area contributed by atoms with E-state index in [-0.39, 0.29) is 0 Å². The van der Waals surface area contributed by atoms with Gasteiger partial charge in [-0.05, 0) is 25.0 Å².